The minimum atomic E-state index is -4.52. The first kappa shape index (κ1) is 13.8. The molecule has 1 aromatic carbocycles. The van der Waals surface area contributed by atoms with E-state index in [0.717, 1.165) is 0 Å². The largest absolute Gasteiger partial charge is 0.497 e. The maximum absolute atomic E-state index is 12.0. The molecule has 0 unspecified atom stereocenters. The lowest BCUT2D eigenvalue weighted by Crippen LogP contribution is -2.21. The zero-order valence-electron chi connectivity index (χ0n) is 8.77. The molecule has 0 aliphatic carbocycles. The van der Waals surface area contributed by atoms with Gasteiger partial charge in [-0.05, 0) is 28.1 Å². The molecular weight excluding hydrogens is 303 g/mol. The minimum absolute atomic E-state index is 0.235. The molecule has 0 atom stereocenters. The molecule has 7 heteroatoms. The molecular formula is C10H9BrF3NO2. The highest BCUT2D eigenvalue weighted by molar-refractivity contribution is 9.10. The fraction of sp³-hybridized carbons (Fsp3) is 0.300. The molecule has 0 saturated carbocycles. The van der Waals surface area contributed by atoms with Crippen LogP contribution in [0, 0.1) is 0 Å². The van der Waals surface area contributed by atoms with Crippen LogP contribution in [0.4, 0.5) is 18.9 Å². The fourth-order valence-corrected chi connectivity index (χ4v) is 1.45. The van der Waals surface area contributed by atoms with Gasteiger partial charge in [0.1, 0.15) is 12.2 Å². The third kappa shape index (κ3) is 4.64. The van der Waals surface area contributed by atoms with E-state index in [1.165, 1.54) is 13.2 Å². The molecule has 1 N–H and O–H groups in total. The lowest BCUT2D eigenvalue weighted by atomic mass is 10.3. The number of anilines is 1. The molecule has 94 valence electrons. The average Bonchev–Trinajstić information content (AvgIpc) is 2.18. The van der Waals surface area contributed by atoms with Gasteiger partial charge in [0.05, 0.1) is 12.8 Å². The number of benzene rings is 1. The highest BCUT2D eigenvalue weighted by Crippen LogP contribution is 2.28. The Bertz CT molecular complexity index is 421. The number of amides is 1. The molecule has 0 spiro atoms. The molecule has 1 amide bonds. The highest BCUT2D eigenvalue weighted by Gasteiger charge is 2.31. The van der Waals surface area contributed by atoms with Gasteiger partial charge in [-0.25, -0.2) is 0 Å². The van der Waals surface area contributed by atoms with E-state index in [-0.39, 0.29) is 5.69 Å². The smallest absolute Gasteiger partial charge is 0.397 e. The number of carbonyl (C=O) groups excluding carboxylic acids is 1. The van der Waals surface area contributed by atoms with Gasteiger partial charge in [0.25, 0.3) is 0 Å². The number of halogens is 4. The van der Waals surface area contributed by atoms with Crippen molar-refractivity contribution in [3.63, 3.8) is 0 Å². The molecule has 0 radical (unpaired) electrons. The van der Waals surface area contributed by atoms with Crippen LogP contribution < -0.4 is 10.1 Å². The molecule has 0 aromatic heterocycles. The van der Waals surface area contributed by atoms with Gasteiger partial charge in [-0.3, -0.25) is 4.79 Å². The summed E-state index contributed by atoms with van der Waals surface area (Å²) in [5.74, 6) is -0.679. The Labute approximate surface area is 104 Å². The second-order valence-corrected chi connectivity index (χ2v) is 4.04. The molecule has 0 heterocycles. The number of nitrogens with one attached hydrogen (secondary N) is 1. The van der Waals surface area contributed by atoms with E-state index >= 15 is 0 Å². The Morgan fingerprint density at radius 2 is 2.12 bits per heavy atom. The molecule has 1 aromatic rings. The summed E-state index contributed by atoms with van der Waals surface area (Å²) in [4.78, 5) is 11.1. The van der Waals surface area contributed by atoms with E-state index in [1.807, 2.05) is 0 Å². The minimum Gasteiger partial charge on any atom is -0.497 e. The predicted molar refractivity (Wildman–Crippen MR) is 60.0 cm³/mol. The van der Waals surface area contributed by atoms with Gasteiger partial charge < -0.3 is 10.1 Å². The Kier molecular flexibility index (Phi) is 4.39. The van der Waals surface area contributed by atoms with Gasteiger partial charge in [-0.15, -0.1) is 0 Å². The third-order valence-corrected chi connectivity index (χ3v) is 2.50. The molecule has 0 bridgehead atoms. The first-order chi connectivity index (χ1) is 7.81. The first-order valence-electron chi connectivity index (χ1n) is 4.52. The Morgan fingerprint density at radius 3 is 2.65 bits per heavy atom. The maximum Gasteiger partial charge on any atom is 0.397 e. The number of carbonyl (C=O) groups is 1. The van der Waals surface area contributed by atoms with Gasteiger partial charge in [-0.2, -0.15) is 13.2 Å². The monoisotopic (exact) mass is 311 g/mol. The van der Waals surface area contributed by atoms with E-state index in [1.54, 1.807) is 12.1 Å². The molecule has 0 aliphatic rings. The maximum atomic E-state index is 12.0. The lowest BCUT2D eigenvalue weighted by molar-refractivity contribution is -0.150. The van der Waals surface area contributed by atoms with Crippen molar-refractivity contribution in [1.29, 1.82) is 0 Å². The third-order valence-electron chi connectivity index (χ3n) is 1.81. The first-order valence-corrected chi connectivity index (χ1v) is 5.31. The van der Waals surface area contributed by atoms with Crippen LogP contribution in [0.15, 0.2) is 22.7 Å². The van der Waals surface area contributed by atoms with E-state index in [4.69, 9.17) is 4.74 Å². The van der Waals surface area contributed by atoms with Gasteiger partial charge >= 0.3 is 6.18 Å². The number of ether oxygens (including phenoxy) is 1. The quantitative estimate of drug-likeness (QED) is 0.929. The van der Waals surface area contributed by atoms with E-state index in [0.29, 0.717) is 10.2 Å². The molecule has 0 fully saturated rings. The molecule has 3 nitrogen and oxygen atoms in total. The second kappa shape index (κ2) is 5.39. The van der Waals surface area contributed by atoms with Crippen molar-refractivity contribution in [1.82, 2.24) is 0 Å². The SMILES string of the molecule is COc1ccc(Br)c(NC(=O)CC(F)(F)F)c1. The van der Waals surface area contributed by atoms with Gasteiger partial charge in [0, 0.05) is 10.5 Å². The van der Waals surface area contributed by atoms with Crippen LogP contribution in [0.25, 0.3) is 0 Å². The molecule has 17 heavy (non-hydrogen) atoms. The van der Waals surface area contributed by atoms with Crippen LogP contribution in [0.5, 0.6) is 5.75 Å². The lowest BCUT2D eigenvalue weighted by Gasteiger charge is -2.10. The van der Waals surface area contributed by atoms with Crippen molar-refractivity contribution in [3.8, 4) is 5.75 Å². The van der Waals surface area contributed by atoms with Crippen LogP contribution in [0.3, 0.4) is 0 Å². The van der Waals surface area contributed by atoms with Crippen LogP contribution in [-0.4, -0.2) is 19.2 Å². The molecule has 0 saturated heterocycles. The summed E-state index contributed by atoms with van der Waals surface area (Å²) in [5, 5.41) is 2.16. The number of rotatable bonds is 3. The fourth-order valence-electron chi connectivity index (χ4n) is 1.10. The van der Waals surface area contributed by atoms with Gasteiger partial charge in [-0.1, -0.05) is 0 Å². The van der Waals surface area contributed by atoms with Crippen molar-refractivity contribution < 1.29 is 22.7 Å². The summed E-state index contributed by atoms with van der Waals surface area (Å²) < 4.78 is 41.3. The normalized spacial score (nSPS) is 11.1. The number of alkyl halides is 3. The Hall–Kier alpha value is -1.24. The van der Waals surface area contributed by atoms with Gasteiger partial charge in [0.2, 0.25) is 5.91 Å². The summed E-state index contributed by atoms with van der Waals surface area (Å²) in [6.07, 6.45) is -6.04. The molecule has 0 aliphatic heterocycles. The zero-order valence-corrected chi connectivity index (χ0v) is 10.4. The predicted octanol–water partition coefficient (Wildman–Crippen LogP) is 3.35. The number of hydrogen-bond donors (Lipinski definition) is 1. The number of hydrogen-bond acceptors (Lipinski definition) is 2. The van der Waals surface area contributed by atoms with E-state index < -0.39 is 18.5 Å². The standard InChI is InChI=1S/C10H9BrF3NO2/c1-17-6-2-3-7(11)8(4-6)15-9(16)5-10(12,13)14/h2-4H,5H2,1H3,(H,15,16). The van der Waals surface area contributed by atoms with Crippen molar-refractivity contribution in [3.05, 3.63) is 22.7 Å². The number of methoxy groups -OCH3 is 1. The summed E-state index contributed by atoms with van der Waals surface area (Å²) in [7, 11) is 1.42. The van der Waals surface area contributed by atoms with Gasteiger partial charge in [0.15, 0.2) is 0 Å². The van der Waals surface area contributed by atoms with Crippen molar-refractivity contribution >= 4 is 27.5 Å². The average molecular weight is 312 g/mol. The highest BCUT2D eigenvalue weighted by atomic mass is 79.9. The summed E-state index contributed by atoms with van der Waals surface area (Å²) in [6.45, 7) is 0. The molecule has 1 rings (SSSR count). The van der Waals surface area contributed by atoms with E-state index in [9.17, 15) is 18.0 Å². The summed E-state index contributed by atoms with van der Waals surface area (Å²) in [5.41, 5.74) is 0.235. The topological polar surface area (TPSA) is 38.3 Å². The van der Waals surface area contributed by atoms with Crippen molar-refractivity contribution in [2.24, 2.45) is 0 Å². The van der Waals surface area contributed by atoms with Crippen LogP contribution in [0.2, 0.25) is 0 Å². The van der Waals surface area contributed by atoms with E-state index in [2.05, 4.69) is 21.2 Å². The summed E-state index contributed by atoms with van der Waals surface area (Å²) in [6, 6.07) is 4.61. The van der Waals surface area contributed by atoms with Crippen LogP contribution in [0.1, 0.15) is 6.42 Å². The second-order valence-electron chi connectivity index (χ2n) is 3.19. The summed E-state index contributed by atoms with van der Waals surface area (Å²) >= 11 is 3.12. The van der Waals surface area contributed by atoms with Crippen LogP contribution in [-0.2, 0) is 4.79 Å². The van der Waals surface area contributed by atoms with Crippen molar-refractivity contribution in [2.75, 3.05) is 12.4 Å². The van der Waals surface area contributed by atoms with Crippen LogP contribution >= 0.6 is 15.9 Å². The Morgan fingerprint density at radius 1 is 1.47 bits per heavy atom. The van der Waals surface area contributed by atoms with Crippen molar-refractivity contribution in [2.45, 2.75) is 12.6 Å². The Balaban J connectivity index is 2.77. The zero-order chi connectivity index (χ0) is 13.1.